The van der Waals surface area contributed by atoms with Gasteiger partial charge in [-0.1, -0.05) is 5.16 Å². The first-order chi connectivity index (χ1) is 10.9. The third kappa shape index (κ3) is 3.42. The lowest BCUT2D eigenvalue weighted by Crippen LogP contribution is -2.53. The van der Waals surface area contributed by atoms with E-state index in [0.717, 1.165) is 13.1 Å². The van der Waals surface area contributed by atoms with E-state index in [9.17, 15) is 13.2 Å². The Morgan fingerprint density at radius 3 is 2.26 bits per heavy atom. The SMILES string of the molecule is Cc1noc(C)c1C(=O)N1CCN(C2CCS(=O)(=O)CC2)CC1. The molecule has 8 heteroatoms. The zero-order valence-corrected chi connectivity index (χ0v) is 14.4. The number of rotatable bonds is 2. The van der Waals surface area contributed by atoms with E-state index in [1.54, 1.807) is 13.8 Å². The summed E-state index contributed by atoms with van der Waals surface area (Å²) in [5.41, 5.74) is 1.20. The van der Waals surface area contributed by atoms with Gasteiger partial charge in [-0.25, -0.2) is 8.42 Å². The van der Waals surface area contributed by atoms with Crippen LogP contribution < -0.4 is 0 Å². The average Bonchev–Trinajstić information content (AvgIpc) is 2.86. The topological polar surface area (TPSA) is 83.7 Å². The van der Waals surface area contributed by atoms with Gasteiger partial charge >= 0.3 is 0 Å². The Balaban J connectivity index is 1.58. The van der Waals surface area contributed by atoms with Crippen LogP contribution in [0.5, 0.6) is 0 Å². The van der Waals surface area contributed by atoms with Crippen LogP contribution in [0.4, 0.5) is 0 Å². The predicted molar refractivity (Wildman–Crippen MR) is 85.1 cm³/mol. The number of nitrogens with zero attached hydrogens (tertiary/aromatic N) is 3. The van der Waals surface area contributed by atoms with Crippen molar-refractivity contribution in [2.75, 3.05) is 37.7 Å². The van der Waals surface area contributed by atoms with E-state index < -0.39 is 9.84 Å². The molecule has 23 heavy (non-hydrogen) atoms. The number of aromatic nitrogens is 1. The zero-order valence-electron chi connectivity index (χ0n) is 13.6. The van der Waals surface area contributed by atoms with Crippen LogP contribution >= 0.6 is 0 Å². The molecule has 0 atom stereocenters. The average molecular weight is 341 g/mol. The molecule has 2 aliphatic rings. The van der Waals surface area contributed by atoms with E-state index in [1.165, 1.54) is 0 Å². The van der Waals surface area contributed by atoms with Crippen LogP contribution in [0.15, 0.2) is 4.52 Å². The normalized spacial score (nSPS) is 23.1. The fourth-order valence-electron chi connectivity index (χ4n) is 3.48. The largest absolute Gasteiger partial charge is 0.361 e. The number of carbonyl (C=O) groups excluding carboxylic acids is 1. The first-order valence-electron chi connectivity index (χ1n) is 8.04. The second-order valence-corrected chi connectivity index (χ2v) is 8.71. The minimum atomic E-state index is -2.83. The van der Waals surface area contributed by atoms with Crippen molar-refractivity contribution >= 4 is 15.7 Å². The Bertz CT molecular complexity index is 656. The fraction of sp³-hybridized carbons (Fsp3) is 0.733. The molecule has 0 aliphatic carbocycles. The third-order valence-electron chi connectivity index (χ3n) is 4.89. The maximum absolute atomic E-state index is 12.6. The molecule has 0 N–H and O–H groups in total. The number of aryl methyl sites for hydroxylation is 2. The highest BCUT2D eigenvalue weighted by Gasteiger charge is 2.32. The van der Waals surface area contributed by atoms with Gasteiger partial charge in [-0.2, -0.15) is 0 Å². The van der Waals surface area contributed by atoms with Gasteiger partial charge in [0.25, 0.3) is 5.91 Å². The molecule has 7 nitrogen and oxygen atoms in total. The smallest absolute Gasteiger partial charge is 0.259 e. The minimum absolute atomic E-state index is 0.0212. The summed E-state index contributed by atoms with van der Waals surface area (Å²) >= 11 is 0. The molecule has 1 aromatic heterocycles. The summed E-state index contributed by atoms with van der Waals surface area (Å²) in [6.07, 6.45) is 1.42. The van der Waals surface area contributed by atoms with E-state index in [1.807, 2.05) is 4.90 Å². The number of hydrogen-bond acceptors (Lipinski definition) is 6. The van der Waals surface area contributed by atoms with Crippen molar-refractivity contribution in [2.45, 2.75) is 32.7 Å². The molecule has 128 valence electrons. The Morgan fingerprint density at radius 1 is 1.13 bits per heavy atom. The number of piperazine rings is 1. The van der Waals surface area contributed by atoms with Gasteiger partial charge in [-0.05, 0) is 26.7 Å². The van der Waals surface area contributed by atoms with Crippen LogP contribution in [0.3, 0.4) is 0 Å². The van der Waals surface area contributed by atoms with E-state index in [4.69, 9.17) is 4.52 Å². The van der Waals surface area contributed by atoms with Gasteiger partial charge in [0.15, 0.2) is 0 Å². The van der Waals surface area contributed by atoms with Gasteiger partial charge in [0.05, 0.1) is 17.2 Å². The molecule has 0 radical (unpaired) electrons. The molecule has 0 aromatic carbocycles. The molecule has 0 spiro atoms. The van der Waals surface area contributed by atoms with Crippen LogP contribution in [0.1, 0.15) is 34.7 Å². The van der Waals surface area contributed by atoms with Gasteiger partial charge in [0.1, 0.15) is 21.2 Å². The summed E-state index contributed by atoms with van der Waals surface area (Å²) in [5, 5.41) is 3.84. The summed E-state index contributed by atoms with van der Waals surface area (Å²) in [6.45, 7) is 6.44. The minimum Gasteiger partial charge on any atom is -0.361 e. The molecular weight excluding hydrogens is 318 g/mol. The highest BCUT2D eigenvalue weighted by molar-refractivity contribution is 7.91. The van der Waals surface area contributed by atoms with Crippen molar-refractivity contribution in [3.05, 3.63) is 17.0 Å². The molecule has 2 fully saturated rings. The Labute approximate surface area is 136 Å². The first kappa shape index (κ1) is 16.4. The number of sulfone groups is 1. The monoisotopic (exact) mass is 341 g/mol. The fourth-order valence-corrected chi connectivity index (χ4v) is 4.95. The molecule has 1 aromatic rings. The maximum atomic E-state index is 12.6. The van der Waals surface area contributed by atoms with Crippen LogP contribution in [-0.4, -0.2) is 73.0 Å². The highest BCUT2D eigenvalue weighted by atomic mass is 32.2. The maximum Gasteiger partial charge on any atom is 0.259 e. The molecule has 3 heterocycles. The van der Waals surface area contributed by atoms with Crippen molar-refractivity contribution in [3.8, 4) is 0 Å². The summed E-state index contributed by atoms with van der Waals surface area (Å²) in [7, 11) is -2.83. The lowest BCUT2D eigenvalue weighted by Gasteiger charge is -2.40. The molecule has 3 rings (SSSR count). The van der Waals surface area contributed by atoms with Gasteiger partial charge in [-0.15, -0.1) is 0 Å². The Morgan fingerprint density at radius 2 is 1.74 bits per heavy atom. The Kier molecular flexibility index (Phi) is 4.46. The quantitative estimate of drug-likeness (QED) is 0.784. The zero-order chi connectivity index (χ0) is 16.6. The van der Waals surface area contributed by atoms with Crippen molar-refractivity contribution in [1.82, 2.24) is 15.0 Å². The van der Waals surface area contributed by atoms with Crippen LogP contribution in [-0.2, 0) is 9.84 Å². The highest BCUT2D eigenvalue weighted by Crippen LogP contribution is 2.21. The summed E-state index contributed by atoms with van der Waals surface area (Å²) in [5.74, 6) is 1.12. The number of hydrogen-bond donors (Lipinski definition) is 0. The molecular formula is C15H23N3O4S. The van der Waals surface area contributed by atoms with Gasteiger partial charge in [-0.3, -0.25) is 9.69 Å². The van der Waals surface area contributed by atoms with Gasteiger partial charge < -0.3 is 9.42 Å². The molecule has 2 saturated heterocycles. The standard InChI is InChI=1S/C15H23N3O4S/c1-11-14(12(2)22-16-11)15(19)18-7-5-17(6-8-18)13-3-9-23(20,21)10-4-13/h13H,3-10H2,1-2H3. The van der Waals surface area contributed by atoms with E-state index in [0.29, 0.717) is 49.0 Å². The van der Waals surface area contributed by atoms with Crippen molar-refractivity contribution in [3.63, 3.8) is 0 Å². The van der Waals surface area contributed by atoms with Crippen LogP contribution in [0.25, 0.3) is 0 Å². The van der Waals surface area contributed by atoms with Crippen LogP contribution in [0.2, 0.25) is 0 Å². The molecule has 1 amide bonds. The number of amides is 1. The Hall–Kier alpha value is -1.41. The second-order valence-electron chi connectivity index (χ2n) is 6.41. The first-order valence-corrected chi connectivity index (χ1v) is 9.86. The lowest BCUT2D eigenvalue weighted by atomic mass is 10.1. The van der Waals surface area contributed by atoms with E-state index in [2.05, 4.69) is 10.1 Å². The molecule has 0 bridgehead atoms. The van der Waals surface area contributed by atoms with Crippen molar-refractivity contribution in [1.29, 1.82) is 0 Å². The van der Waals surface area contributed by atoms with Crippen molar-refractivity contribution in [2.24, 2.45) is 0 Å². The predicted octanol–water partition coefficient (Wildman–Crippen LogP) is 0.626. The lowest BCUT2D eigenvalue weighted by molar-refractivity contribution is 0.0555. The molecule has 0 unspecified atom stereocenters. The molecule has 0 saturated carbocycles. The van der Waals surface area contributed by atoms with Crippen molar-refractivity contribution < 1.29 is 17.7 Å². The molecule has 2 aliphatic heterocycles. The van der Waals surface area contributed by atoms with Crippen LogP contribution in [0, 0.1) is 13.8 Å². The number of carbonyl (C=O) groups is 1. The summed E-state index contributed by atoms with van der Waals surface area (Å²) in [6, 6.07) is 0.329. The second kappa shape index (κ2) is 6.24. The van der Waals surface area contributed by atoms with E-state index >= 15 is 0 Å². The summed E-state index contributed by atoms with van der Waals surface area (Å²) < 4.78 is 28.1. The van der Waals surface area contributed by atoms with Gasteiger partial charge in [0, 0.05) is 32.2 Å². The van der Waals surface area contributed by atoms with E-state index in [-0.39, 0.29) is 17.4 Å². The summed E-state index contributed by atoms with van der Waals surface area (Å²) in [4.78, 5) is 16.8. The third-order valence-corrected chi connectivity index (χ3v) is 6.60. The van der Waals surface area contributed by atoms with Gasteiger partial charge in [0.2, 0.25) is 0 Å².